The normalized spacial score (nSPS) is 12.0. The third-order valence-corrected chi connectivity index (χ3v) is 4.47. The summed E-state index contributed by atoms with van der Waals surface area (Å²) in [5.74, 6) is -2.02. The van der Waals surface area contributed by atoms with E-state index in [1.54, 1.807) is 42.3 Å². The van der Waals surface area contributed by atoms with Crippen LogP contribution in [0.5, 0.6) is 0 Å². The highest BCUT2D eigenvalue weighted by atomic mass is 19.2. The number of methoxy groups -OCH3 is 1. The number of amides is 1. The van der Waals surface area contributed by atoms with Crippen molar-refractivity contribution >= 4 is 5.91 Å². The molecule has 1 heterocycles. The Morgan fingerprint density at radius 3 is 2.50 bits per heavy atom. The molecule has 1 atom stereocenters. The molecule has 146 valence electrons. The molecule has 28 heavy (non-hydrogen) atoms. The average Bonchev–Trinajstić information content (AvgIpc) is 3.20. The molecule has 2 aromatic carbocycles. The largest absolute Gasteiger partial charge is 0.383 e. The van der Waals surface area contributed by atoms with Crippen molar-refractivity contribution in [1.29, 1.82) is 0 Å². The SMILES string of the molecule is CC[C@H](COC)NC(=O)c1cncn1-c1ccc(-c2ccc(F)c(F)c2)cc1. The second-order valence-electron chi connectivity index (χ2n) is 6.36. The molecule has 1 amide bonds. The fourth-order valence-electron chi connectivity index (χ4n) is 2.88. The molecule has 5 nitrogen and oxygen atoms in total. The number of carbonyl (C=O) groups is 1. The third-order valence-electron chi connectivity index (χ3n) is 4.47. The fourth-order valence-corrected chi connectivity index (χ4v) is 2.88. The van der Waals surface area contributed by atoms with Crippen LogP contribution in [-0.4, -0.2) is 35.2 Å². The maximum absolute atomic E-state index is 13.5. The van der Waals surface area contributed by atoms with Gasteiger partial charge >= 0.3 is 0 Å². The summed E-state index contributed by atoms with van der Waals surface area (Å²) >= 11 is 0. The predicted octanol–water partition coefficient (Wildman–Crippen LogP) is 3.97. The van der Waals surface area contributed by atoms with Crippen LogP contribution in [-0.2, 0) is 4.74 Å². The molecule has 0 spiro atoms. The lowest BCUT2D eigenvalue weighted by molar-refractivity contribution is 0.0888. The standard InChI is InChI=1S/C21H21F2N3O2/c1-3-16(12-28-2)25-21(27)20-11-24-13-26(20)17-7-4-14(5-8-17)15-6-9-18(22)19(23)10-15/h4-11,13,16H,3,12H2,1-2H3,(H,25,27)/t16-/m1/s1. The molecule has 0 radical (unpaired) electrons. The summed E-state index contributed by atoms with van der Waals surface area (Å²) in [6, 6.07) is 10.8. The van der Waals surface area contributed by atoms with Crippen LogP contribution in [0.2, 0.25) is 0 Å². The Morgan fingerprint density at radius 1 is 1.14 bits per heavy atom. The van der Waals surface area contributed by atoms with E-state index in [2.05, 4.69) is 10.3 Å². The summed E-state index contributed by atoms with van der Waals surface area (Å²) in [7, 11) is 1.59. The minimum absolute atomic E-state index is 0.0865. The molecule has 0 bridgehead atoms. The third kappa shape index (κ3) is 4.26. The highest BCUT2D eigenvalue weighted by Crippen LogP contribution is 2.23. The van der Waals surface area contributed by atoms with E-state index >= 15 is 0 Å². The van der Waals surface area contributed by atoms with E-state index in [0.717, 1.165) is 29.8 Å². The molecule has 0 fully saturated rings. The number of aromatic nitrogens is 2. The monoisotopic (exact) mass is 385 g/mol. The van der Waals surface area contributed by atoms with Gasteiger partial charge in [0.15, 0.2) is 11.6 Å². The van der Waals surface area contributed by atoms with Gasteiger partial charge in [-0.15, -0.1) is 0 Å². The Bertz CT molecular complexity index is 955. The van der Waals surface area contributed by atoms with Gasteiger partial charge in [-0.2, -0.15) is 0 Å². The smallest absolute Gasteiger partial charge is 0.270 e. The van der Waals surface area contributed by atoms with E-state index in [4.69, 9.17) is 4.74 Å². The van der Waals surface area contributed by atoms with Crippen LogP contribution < -0.4 is 5.32 Å². The zero-order valence-electron chi connectivity index (χ0n) is 15.7. The van der Waals surface area contributed by atoms with Gasteiger partial charge in [0, 0.05) is 12.8 Å². The number of ether oxygens (including phenoxy) is 1. The van der Waals surface area contributed by atoms with E-state index in [1.165, 1.54) is 12.3 Å². The molecule has 0 saturated heterocycles. The summed E-state index contributed by atoms with van der Waals surface area (Å²) in [4.78, 5) is 16.7. The highest BCUT2D eigenvalue weighted by Gasteiger charge is 2.17. The van der Waals surface area contributed by atoms with Crippen LogP contribution in [0.3, 0.4) is 0 Å². The van der Waals surface area contributed by atoms with Gasteiger partial charge in [-0.3, -0.25) is 9.36 Å². The summed E-state index contributed by atoms with van der Waals surface area (Å²) in [5, 5.41) is 2.93. The zero-order chi connectivity index (χ0) is 20.1. The minimum atomic E-state index is -0.892. The maximum Gasteiger partial charge on any atom is 0.270 e. The molecular weight excluding hydrogens is 364 g/mol. The number of halogens is 2. The number of nitrogens with one attached hydrogen (secondary N) is 1. The maximum atomic E-state index is 13.5. The molecule has 0 unspecified atom stereocenters. The molecule has 1 aromatic heterocycles. The summed E-state index contributed by atoms with van der Waals surface area (Å²) in [6.45, 7) is 2.40. The van der Waals surface area contributed by atoms with Crippen LogP contribution >= 0.6 is 0 Å². The average molecular weight is 385 g/mol. The first-order valence-electron chi connectivity index (χ1n) is 8.91. The van der Waals surface area contributed by atoms with Gasteiger partial charge in [0.25, 0.3) is 5.91 Å². The van der Waals surface area contributed by atoms with Crippen molar-refractivity contribution < 1.29 is 18.3 Å². The van der Waals surface area contributed by atoms with Crippen molar-refractivity contribution in [3.05, 3.63) is 72.3 Å². The van der Waals surface area contributed by atoms with Crippen LogP contribution in [0, 0.1) is 11.6 Å². The Hall–Kier alpha value is -3.06. The highest BCUT2D eigenvalue weighted by molar-refractivity contribution is 5.93. The topological polar surface area (TPSA) is 56.1 Å². The van der Waals surface area contributed by atoms with Crippen molar-refractivity contribution in [1.82, 2.24) is 14.9 Å². The number of rotatable bonds is 7. The molecule has 0 aliphatic heterocycles. The van der Waals surface area contributed by atoms with Gasteiger partial charge in [-0.05, 0) is 41.8 Å². The molecule has 1 N–H and O–H groups in total. The molecule has 3 aromatic rings. The molecular formula is C21H21F2N3O2. The van der Waals surface area contributed by atoms with Crippen molar-refractivity contribution in [2.45, 2.75) is 19.4 Å². The summed E-state index contributed by atoms with van der Waals surface area (Å²) in [6.07, 6.45) is 3.80. The number of imidazole rings is 1. The number of carbonyl (C=O) groups excluding carboxylic acids is 1. The van der Waals surface area contributed by atoms with Gasteiger partial charge in [0.05, 0.1) is 25.2 Å². The molecule has 0 saturated carbocycles. The van der Waals surface area contributed by atoms with E-state index in [1.807, 2.05) is 6.92 Å². The van der Waals surface area contributed by atoms with E-state index in [9.17, 15) is 13.6 Å². The molecule has 3 rings (SSSR count). The summed E-state index contributed by atoms with van der Waals surface area (Å²) < 4.78 is 33.4. The Morgan fingerprint density at radius 2 is 1.86 bits per heavy atom. The second-order valence-corrected chi connectivity index (χ2v) is 6.36. The lowest BCUT2D eigenvalue weighted by Gasteiger charge is -2.16. The zero-order valence-corrected chi connectivity index (χ0v) is 15.7. The van der Waals surface area contributed by atoms with Crippen molar-refractivity contribution in [3.63, 3.8) is 0 Å². The van der Waals surface area contributed by atoms with Gasteiger partial charge < -0.3 is 10.1 Å². The molecule has 7 heteroatoms. The number of hydrogen-bond acceptors (Lipinski definition) is 3. The van der Waals surface area contributed by atoms with Gasteiger partial charge in [0.1, 0.15) is 5.69 Å². The molecule has 0 aliphatic rings. The lowest BCUT2D eigenvalue weighted by Crippen LogP contribution is -2.38. The first-order chi connectivity index (χ1) is 13.5. The van der Waals surface area contributed by atoms with Crippen LogP contribution in [0.4, 0.5) is 8.78 Å². The predicted molar refractivity (Wildman–Crippen MR) is 102 cm³/mol. The van der Waals surface area contributed by atoms with Crippen LogP contribution in [0.1, 0.15) is 23.8 Å². The Balaban J connectivity index is 1.82. The summed E-state index contributed by atoms with van der Waals surface area (Å²) in [5.41, 5.74) is 2.43. The second kappa shape index (κ2) is 8.75. The first-order valence-corrected chi connectivity index (χ1v) is 8.91. The minimum Gasteiger partial charge on any atom is -0.383 e. The number of nitrogens with zero attached hydrogens (tertiary/aromatic N) is 2. The van der Waals surface area contributed by atoms with E-state index in [0.29, 0.717) is 17.9 Å². The van der Waals surface area contributed by atoms with Crippen molar-refractivity contribution in [3.8, 4) is 16.8 Å². The fraction of sp³-hybridized carbons (Fsp3) is 0.238. The van der Waals surface area contributed by atoms with Crippen molar-refractivity contribution in [2.75, 3.05) is 13.7 Å². The van der Waals surface area contributed by atoms with Crippen LogP contribution in [0.15, 0.2) is 55.0 Å². The molecule has 0 aliphatic carbocycles. The van der Waals surface area contributed by atoms with Gasteiger partial charge in [-0.1, -0.05) is 25.1 Å². The quantitative estimate of drug-likeness (QED) is 0.670. The van der Waals surface area contributed by atoms with Gasteiger partial charge in [-0.25, -0.2) is 13.8 Å². The number of benzene rings is 2. The van der Waals surface area contributed by atoms with E-state index in [-0.39, 0.29) is 11.9 Å². The lowest BCUT2D eigenvalue weighted by atomic mass is 10.1. The van der Waals surface area contributed by atoms with Crippen LogP contribution in [0.25, 0.3) is 16.8 Å². The van der Waals surface area contributed by atoms with E-state index < -0.39 is 11.6 Å². The first kappa shape index (κ1) is 19.7. The van der Waals surface area contributed by atoms with Gasteiger partial charge in [0.2, 0.25) is 0 Å². The Labute approximate surface area is 162 Å². The number of hydrogen-bond donors (Lipinski definition) is 1. The van der Waals surface area contributed by atoms with Crippen molar-refractivity contribution in [2.24, 2.45) is 0 Å². The Kier molecular flexibility index (Phi) is 6.16.